The molecule has 96 valence electrons. The van der Waals surface area contributed by atoms with E-state index in [1.807, 2.05) is 0 Å². The molecule has 1 heterocycles. The molecule has 0 aromatic carbocycles. The van der Waals surface area contributed by atoms with Crippen LogP contribution in [0.2, 0.25) is 0 Å². The summed E-state index contributed by atoms with van der Waals surface area (Å²) < 4.78 is 15.4. The molecule has 0 aromatic rings. The zero-order valence-corrected chi connectivity index (χ0v) is 10.8. The second-order valence-corrected chi connectivity index (χ2v) is 4.36. The third-order valence-corrected chi connectivity index (χ3v) is 2.46. The summed E-state index contributed by atoms with van der Waals surface area (Å²) in [5, 5.41) is 0. The highest BCUT2D eigenvalue weighted by Crippen LogP contribution is 2.36. The Morgan fingerprint density at radius 1 is 1.35 bits per heavy atom. The van der Waals surface area contributed by atoms with Gasteiger partial charge >= 0.3 is 17.7 Å². The Kier molecular flexibility index (Phi) is 3.80. The molecule has 1 rings (SSSR count). The van der Waals surface area contributed by atoms with E-state index in [1.54, 1.807) is 34.6 Å². The number of cyclic esters (lactones) is 1. The Morgan fingerprint density at radius 3 is 2.29 bits per heavy atom. The smallest absolute Gasteiger partial charge is 0.393 e. The molecule has 5 nitrogen and oxygen atoms in total. The zero-order valence-electron chi connectivity index (χ0n) is 10.8. The van der Waals surface area contributed by atoms with Crippen molar-refractivity contribution in [2.75, 3.05) is 6.61 Å². The summed E-state index contributed by atoms with van der Waals surface area (Å²) in [4.78, 5) is 23.5. The lowest BCUT2D eigenvalue weighted by atomic mass is 10.0. The van der Waals surface area contributed by atoms with Crippen LogP contribution in [0.5, 0.6) is 0 Å². The van der Waals surface area contributed by atoms with Crippen LogP contribution >= 0.6 is 0 Å². The normalized spacial score (nSPS) is 23.4. The molecule has 0 bridgehead atoms. The van der Waals surface area contributed by atoms with Crippen LogP contribution in [0.1, 0.15) is 34.6 Å². The standard InChI is InChI=1S/C12H18O5/c1-6-15-11(14)12(8(4)5)16-9(7(2)3)10(13)17-12/h8H,6H2,1-5H3. The van der Waals surface area contributed by atoms with Crippen molar-refractivity contribution in [1.29, 1.82) is 0 Å². The van der Waals surface area contributed by atoms with Crippen LogP contribution in [0.15, 0.2) is 11.3 Å². The number of ether oxygens (including phenoxy) is 3. The Morgan fingerprint density at radius 2 is 1.94 bits per heavy atom. The van der Waals surface area contributed by atoms with Gasteiger partial charge in [0.1, 0.15) is 0 Å². The van der Waals surface area contributed by atoms with Crippen molar-refractivity contribution in [3.05, 3.63) is 11.3 Å². The molecule has 0 radical (unpaired) electrons. The number of rotatable bonds is 3. The van der Waals surface area contributed by atoms with Crippen molar-refractivity contribution in [3.8, 4) is 0 Å². The van der Waals surface area contributed by atoms with Crippen LogP contribution in [-0.4, -0.2) is 24.3 Å². The first kappa shape index (κ1) is 13.5. The van der Waals surface area contributed by atoms with Gasteiger partial charge in [-0.1, -0.05) is 13.8 Å². The Hall–Kier alpha value is -1.52. The topological polar surface area (TPSA) is 61.8 Å². The summed E-state index contributed by atoms with van der Waals surface area (Å²) in [6.07, 6.45) is 0. The first-order valence-corrected chi connectivity index (χ1v) is 5.62. The van der Waals surface area contributed by atoms with E-state index in [2.05, 4.69) is 0 Å². The Bertz CT molecular complexity index is 365. The summed E-state index contributed by atoms with van der Waals surface area (Å²) >= 11 is 0. The minimum Gasteiger partial charge on any atom is -0.460 e. The van der Waals surface area contributed by atoms with Gasteiger partial charge < -0.3 is 14.2 Å². The number of hydrogen-bond acceptors (Lipinski definition) is 5. The lowest BCUT2D eigenvalue weighted by molar-refractivity contribution is -0.217. The fourth-order valence-electron chi connectivity index (χ4n) is 1.49. The van der Waals surface area contributed by atoms with E-state index in [0.29, 0.717) is 5.57 Å². The lowest BCUT2D eigenvalue weighted by Gasteiger charge is -2.27. The summed E-state index contributed by atoms with van der Waals surface area (Å²) in [5.74, 6) is -3.17. The summed E-state index contributed by atoms with van der Waals surface area (Å²) in [5.41, 5.74) is 0.668. The van der Waals surface area contributed by atoms with E-state index in [4.69, 9.17) is 14.2 Å². The quantitative estimate of drug-likeness (QED) is 0.557. The molecule has 1 aliphatic heterocycles. The Labute approximate surface area is 101 Å². The first-order chi connectivity index (χ1) is 7.85. The van der Waals surface area contributed by atoms with Gasteiger partial charge in [-0.15, -0.1) is 0 Å². The second-order valence-electron chi connectivity index (χ2n) is 4.36. The van der Waals surface area contributed by atoms with Crippen molar-refractivity contribution in [3.63, 3.8) is 0 Å². The predicted molar refractivity (Wildman–Crippen MR) is 59.8 cm³/mol. The molecule has 0 aromatic heterocycles. The first-order valence-electron chi connectivity index (χ1n) is 5.62. The second kappa shape index (κ2) is 4.77. The number of hydrogen-bond donors (Lipinski definition) is 0. The van der Waals surface area contributed by atoms with E-state index in [0.717, 1.165) is 0 Å². The van der Waals surface area contributed by atoms with Crippen LogP contribution in [0, 0.1) is 5.92 Å². The summed E-state index contributed by atoms with van der Waals surface area (Å²) in [6.45, 7) is 8.80. The maximum atomic E-state index is 11.9. The molecule has 17 heavy (non-hydrogen) atoms. The highest BCUT2D eigenvalue weighted by Gasteiger charge is 2.56. The monoisotopic (exact) mass is 242 g/mol. The molecule has 0 amide bonds. The number of carbonyl (C=O) groups excluding carboxylic acids is 2. The minimum absolute atomic E-state index is 0.0896. The fraction of sp³-hybridized carbons (Fsp3) is 0.667. The largest absolute Gasteiger partial charge is 0.460 e. The molecule has 0 spiro atoms. The Balaban J connectivity index is 3.10. The summed E-state index contributed by atoms with van der Waals surface area (Å²) in [6, 6.07) is 0. The van der Waals surface area contributed by atoms with Gasteiger partial charge in [-0.25, -0.2) is 9.59 Å². The molecular weight excluding hydrogens is 224 g/mol. The third kappa shape index (κ3) is 2.28. The van der Waals surface area contributed by atoms with E-state index < -0.39 is 17.7 Å². The molecule has 0 saturated carbocycles. The van der Waals surface area contributed by atoms with Gasteiger partial charge in [0.2, 0.25) is 5.76 Å². The van der Waals surface area contributed by atoms with Crippen LogP contribution in [-0.2, 0) is 23.8 Å². The number of carbonyl (C=O) groups is 2. The van der Waals surface area contributed by atoms with Crippen LogP contribution in [0.25, 0.3) is 0 Å². The lowest BCUT2D eigenvalue weighted by Crippen LogP contribution is -2.46. The molecule has 1 unspecified atom stereocenters. The van der Waals surface area contributed by atoms with Gasteiger partial charge in [0, 0.05) is 5.92 Å². The predicted octanol–water partition coefficient (Wildman–Crippen LogP) is 1.77. The van der Waals surface area contributed by atoms with Gasteiger partial charge in [0.05, 0.1) is 6.61 Å². The molecule has 5 heteroatoms. The van der Waals surface area contributed by atoms with Gasteiger partial charge in [-0.3, -0.25) is 0 Å². The van der Waals surface area contributed by atoms with Crippen LogP contribution in [0.3, 0.4) is 0 Å². The van der Waals surface area contributed by atoms with Crippen molar-refractivity contribution in [2.24, 2.45) is 5.92 Å². The summed E-state index contributed by atoms with van der Waals surface area (Å²) in [7, 11) is 0. The van der Waals surface area contributed by atoms with Gasteiger partial charge in [0.15, 0.2) is 0 Å². The molecule has 1 aliphatic rings. The van der Waals surface area contributed by atoms with Crippen molar-refractivity contribution in [1.82, 2.24) is 0 Å². The number of esters is 2. The van der Waals surface area contributed by atoms with Gasteiger partial charge in [0.25, 0.3) is 0 Å². The molecule has 1 atom stereocenters. The van der Waals surface area contributed by atoms with Crippen LogP contribution < -0.4 is 0 Å². The average molecular weight is 242 g/mol. The highest BCUT2D eigenvalue weighted by atomic mass is 16.8. The highest BCUT2D eigenvalue weighted by molar-refractivity contribution is 5.94. The van der Waals surface area contributed by atoms with Crippen molar-refractivity contribution >= 4 is 11.9 Å². The molecule has 0 N–H and O–H groups in total. The van der Waals surface area contributed by atoms with E-state index in [-0.39, 0.29) is 18.3 Å². The minimum atomic E-state index is -1.64. The molecule has 1 saturated heterocycles. The van der Waals surface area contributed by atoms with E-state index >= 15 is 0 Å². The maximum absolute atomic E-state index is 11.9. The van der Waals surface area contributed by atoms with E-state index in [9.17, 15) is 9.59 Å². The average Bonchev–Trinajstić information content (AvgIpc) is 2.58. The maximum Gasteiger partial charge on any atom is 0.393 e. The van der Waals surface area contributed by atoms with Crippen molar-refractivity contribution < 1.29 is 23.8 Å². The van der Waals surface area contributed by atoms with Crippen molar-refractivity contribution in [2.45, 2.75) is 40.4 Å². The molecular formula is C12H18O5. The zero-order chi connectivity index (χ0) is 13.2. The molecule has 0 aliphatic carbocycles. The fourth-order valence-corrected chi connectivity index (χ4v) is 1.49. The van der Waals surface area contributed by atoms with Gasteiger partial charge in [-0.05, 0) is 26.3 Å². The third-order valence-electron chi connectivity index (χ3n) is 2.46. The van der Waals surface area contributed by atoms with Gasteiger partial charge in [-0.2, -0.15) is 0 Å². The van der Waals surface area contributed by atoms with Crippen LogP contribution in [0.4, 0.5) is 0 Å². The SMILES string of the molecule is CCOC(=O)C1(C(C)C)OC(=O)C(=C(C)C)O1. The number of allylic oxidation sites excluding steroid dienone is 1. The molecule has 1 fully saturated rings. The van der Waals surface area contributed by atoms with E-state index in [1.165, 1.54) is 0 Å².